The molecular formula is C19H12ClN3O. The van der Waals surface area contributed by atoms with E-state index in [-0.39, 0.29) is 0 Å². The molecule has 0 unspecified atom stereocenters. The number of nitriles is 2. The molecule has 3 aromatic rings. The van der Waals surface area contributed by atoms with Gasteiger partial charge >= 0.3 is 0 Å². The first-order valence-electron chi connectivity index (χ1n) is 7.23. The molecular weight excluding hydrogens is 322 g/mol. The second-order valence-electron chi connectivity index (χ2n) is 5.32. The van der Waals surface area contributed by atoms with Crippen molar-refractivity contribution < 1.29 is 4.74 Å². The Labute approximate surface area is 144 Å². The Kier molecular flexibility index (Phi) is 4.33. The molecule has 0 fully saturated rings. The highest BCUT2D eigenvalue weighted by Crippen LogP contribution is 2.25. The quantitative estimate of drug-likeness (QED) is 0.706. The van der Waals surface area contributed by atoms with Gasteiger partial charge in [0.15, 0.2) is 0 Å². The molecule has 0 amide bonds. The number of fused-ring (bicyclic) bond motifs is 1. The molecule has 1 aromatic heterocycles. The van der Waals surface area contributed by atoms with Crippen LogP contribution in [0.5, 0.6) is 5.75 Å². The number of pyridine rings is 1. The SMILES string of the molecule is Cc1cc(Cl)c2ccc(COc3ccc(C#N)c(C#N)c3)cc2n1. The minimum Gasteiger partial charge on any atom is -0.489 e. The van der Waals surface area contributed by atoms with E-state index in [1.165, 1.54) is 0 Å². The van der Waals surface area contributed by atoms with Crippen molar-refractivity contribution in [1.29, 1.82) is 10.5 Å². The van der Waals surface area contributed by atoms with Crippen LogP contribution in [-0.2, 0) is 6.61 Å². The Balaban J connectivity index is 1.84. The maximum atomic E-state index is 9.05. The van der Waals surface area contributed by atoms with Crippen molar-refractivity contribution in [1.82, 2.24) is 4.98 Å². The molecule has 3 rings (SSSR count). The van der Waals surface area contributed by atoms with Crippen LogP contribution < -0.4 is 4.74 Å². The largest absolute Gasteiger partial charge is 0.489 e. The smallest absolute Gasteiger partial charge is 0.121 e. The second-order valence-corrected chi connectivity index (χ2v) is 5.72. The van der Waals surface area contributed by atoms with E-state index >= 15 is 0 Å². The fourth-order valence-electron chi connectivity index (χ4n) is 2.41. The van der Waals surface area contributed by atoms with Crippen molar-refractivity contribution in [2.24, 2.45) is 0 Å². The van der Waals surface area contributed by atoms with Crippen LogP contribution in [0.1, 0.15) is 22.4 Å². The highest BCUT2D eigenvalue weighted by molar-refractivity contribution is 6.35. The van der Waals surface area contributed by atoms with Gasteiger partial charge in [0.25, 0.3) is 0 Å². The first-order valence-corrected chi connectivity index (χ1v) is 7.61. The number of rotatable bonds is 3. The molecule has 2 aromatic carbocycles. The van der Waals surface area contributed by atoms with Gasteiger partial charge in [-0.1, -0.05) is 23.7 Å². The van der Waals surface area contributed by atoms with Crippen molar-refractivity contribution in [2.45, 2.75) is 13.5 Å². The number of nitrogens with zero attached hydrogens (tertiary/aromatic N) is 3. The van der Waals surface area contributed by atoms with Crippen LogP contribution in [0, 0.1) is 29.6 Å². The Morgan fingerprint density at radius 2 is 1.83 bits per heavy atom. The molecule has 116 valence electrons. The van der Waals surface area contributed by atoms with E-state index in [9.17, 15) is 0 Å². The van der Waals surface area contributed by atoms with Crippen molar-refractivity contribution in [3.05, 3.63) is 69.9 Å². The lowest BCUT2D eigenvalue weighted by Gasteiger charge is -2.09. The first-order chi connectivity index (χ1) is 11.6. The van der Waals surface area contributed by atoms with E-state index in [0.29, 0.717) is 28.5 Å². The molecule has 5 heteroatoms. The summed E-state index contributed by atoms with van der Waals surface area (Å²) in [6, 6.07) is 16.4. The number of aryl methyl sites for hydroxylation is 1. The van der Waals surface area contributed by atoms with Crippen LogP contribution in [0.4, 0.5) is 0 Å². The lowest BCUT2D eigenvalue weighted by molar-refractivity contribution is 0.306. The van der Waals surface area contributed by atoms with Gasteiger partial charge in [-0.3, -0.25) is 4.98 Å². The van der Waals surface area contributed by atoms with Gasteiger partial charge < -0.3 is 4.74 Å². The number of ether oxygens (including phenoxy) is 1. The van der Waals surface area contributed by atoms with Gasteiger partial charge in [-0.05, 0) is 42.8 Å². The maximum Gasteiger partial charge on any atom is 0.121 e. The van der Waals surface area contributed by atoms with Gasteiger partial charge in [-0.15, -0.1) is 0 Å². The number of hydrogen-bond acceptors (Lipinski definition) is 4. The van der Waals surface area contributed by atoms with Crippen molar-refractivity contribution >= 4 is 22.5 Å². The van der Waals surface area contributed by atoms with E-state index in [2.05, 4.69) is 4.98 Å². The first kappa shape index (κ1) is 15.8. The molecule has 24 heavy (non-hydrogen) atoms. The molecule has 0 radical (unpaired) electrons. The Bertz CT molecular complexity index is 1020. The van der Waals surface area contributed by atoms with E-state index in [1.54, 1.807) is 18.2 Å². The molecule has 0 saturated carbocycles. The van der Waals surface area contributed by atoms with E-state index < -0.39 is 0 Å². The molecule has 0 aliphatic heterocycles. The number of benzene rings is 2. The average molecular weight is 334 g/mol. The zero-order chi connectivity index (χ0) is 17.1. The fraction of sp³-hybridized carbons (Fsp3) is 0.105. The average Bonchev–Trinajstić information content (AvgIpc) is 2.59. The van der Waals surface area contributed by atoms with E-state index in [0.717, 1.165) is 22.2 Å². The molecule has 0 N–H and O–H groups in total. The Morgan fingerprint density at radius 3 is 2.58 bits per heavy atom. The van der Waals surface area contributed by atoms with Gasteiger partial charge in [0.05, 0.1) is 21.7 Å². The van der Waals surface area contributed by atoms with Crippen LogP contribution in [0.2, 0.25) is 5.02 Å². The van der Waals surface area contributed by atoms with Gasteiger partial charge in [-0.25, -0.2) is 0 Å². The standard InChI is InChI=1S/C19H12ClN3O/c1-12-6-18(20)17-5-2-13(7-19(17)23-12)11-24-16-4-3-14(9-21)15(8-16)10-22/h2-8H,11H2,1H3. The highest BCUT2D eigenvalue weighted by atomic mass is 35.5. The predicted molar refractivity (Wildman–Crippen MR) is 91.7 cm³/mol. The predicted octanol–water partition coefficient (Wildman–Crippen LogP) is 4.52. The van der Waals surface area contributed by atoms with Gasteiger partial charge in [0, 0.05) is 11.1 Å². The summed E-state index contributed by atoms with van der Waals surface area (Å²) in [7, 11) is 0. The molecule has 0 saturated heterocycles. The van der Waals surface area contributed by atoms with Crippen LogP contribution in [0.25, 0.3) is 10.9 Å². The number of halogens is 1. The normalized spacial score (nSPS) is 10.2. The zero-order valence-electron chi connectivity index (χ0n) is 12.9. The summed E-state index contributed by atoms with van der Waals surface area (Å²) in [4.78, 5) is 4.48. The van der Waals surface area contributed by atoms with Gasteiger partial charge in [0.2, 0.25) is 0 Å². The maximum absolute atomic E-state index is 9.05. The Morgan fingerprint density at radius 1 is 1.04 bits per heavy atom. The molecule has 0 aliphatic rings. The zero-order valence-corrected chi connectivity index (χ0v) is 13.6. The van der Waals surface area contributed by atoms with Gasteiger partial charge in [0.1, 0.15) is 24.5 Å². The summed E-state index contributed by atoms with van der Waals surface area (Å²) < 4.78 is 5.72. The van der Waals surface area contributed by atoms with E-state index in [4.69, 9.17) is 26.9 Å². The molecule has 1 heterocycles. The summed E-state index contributed by atoms with van der Waals surface area (Å²) in [6.45, 7) is 2.23. The summed E-state index contributed by atoms with van der Waals surface area (Å²) in [5.41, 5.74) is 3.26. The monoisotopic (exact) mass is 333 g/mol. The molecule has 0 spiro atoms. The number of hydrogen-bond donors (Lipinski definition) is 0. The number of aromatic nitrogens is 1. The minimum atomic E-state index is 0.303. The summed E-state index contributed by atoms with van der Waals surface area (Å²) in [5.74, 6) is 0.542. The van der Waals surface area contributed by atoms with Crippen LogP contribution in [0.15, 0.2) is 42.5 Å². The lowest BCUT2D eigenvalue weighted by atomic mass is 10.1. The van der Waals surface area contributed by atoms with Gasteiger partial charge in [-0.2, -0.15) is 10.5 Å². The molecule has 0 atom stereocenters. The van der Waals surface area contributed by atoms with Crippen molar-refractivity contribution in [2.75, 3.05) is 0 Å². The van der Waals surface area contributed by atoms with Crippen molar-refractivity contribution in [3.8, 4) is 17.9 Å². The van der Waals surface area contributed by atoms with Crippen molar-refractivity contribution in [3.63, 3.8) is 0 Å². The Hall–Kier alpha value is -3.08. The lowest BCUT2D eigenvalue weighted by Crippen LogP contribution is -1.97. The summed E-state index contributed by atoms with van der Waals surface area (Å²) >= 11 is 6.22. The topological polar surface area (TPSA) is 69.7 Å². The summed E-state index contributed by atoms with van der Waals surface area (Å²) in [5, 5.41) is 19.6. The highest BCUT2D eigenvalue weighted by Gasteiger charge is 2.06. The minimum absolute atomic E-state index is 0.303. The van der Waals surface area contributed by atoms with E-state index in [1.807, 2.05) is 43.3 Å². The third-order valence-electron chi connectivity index (χ3n) is 3.59. The second kappa shape index (κ2) is 6.58. The molecule has 0 bridgehead atoms. The van der Waals surface area contributed by atoms with Crippen LogP contribution in [-0.4, -0.2) is 4.98 Å². The third-order valence-corrected chi connectivity index (χ3v) is 3.90. The fourth-order valence-corrected chi connectivity index (χ4v) is 2.73. The summed E-state index contributed by atoms with van der Waals surface area (Å²) in [6.07, 6.45) is 0. The van der Waals surface area contributed by atoms with Crippen LogP contribution >= 0.6 is 11.6 Å². The third kappa shape index (κ3) is 3.15. The molecule has 0 aliphatic carbocycles. The van der Waals surface area contributed by atoms with Crippen LogP contribution in [0.3, 0.4) is 0 Å². The molecule has 4 nitrogen and oxygen atoms in total.